The zero-order valence-electron chi connectivity index (χ0n) is 15.5. The summed E-state index contributed by atoms with van der Waals surface area (Å²) >= 11 is 0. The van der Waals surface area contributed by atoms with Gasteiger partial charge in [-0.2, -0.15) is 0 Å². The summed E-state index contributed by atoms with van der Waals surface area (Å²) in [6.07, 6.45) is 5.85. The topological polar surface area (TPSA) is 87.6 Å². The number of nitrogens with zero attached hydrogens (tertiary/aromatic N) is 4. The molecule has 2 aliphatic rings. The summed E-state index contributed by atoms with van der Waals surface area (Å²) in [5, 5.41) is 3.28. The maximum Gasteiger partial charge on any atom is 0.108 e. The molecule has 1 saturated heterocycles. The number of benzene rings is 1. The minimum absolute atomic E-state index is 0.555. The summed E-state index contributed by atoms with van der Waals surface area (Å²) in [7, 11) is 0. The van der Waals surface area contributed by atoms with Crippen LogP contribution in [0.15, 0.2) is 57.7 Å². The quantitative estimate of drug-likeness (QED) is 0.752. The number of nitrogens with one attached hydrogen (secondary N) is 1. The van der Waals surface area contributed by atoms with Crippen molar-refractivity contribution >= 4 is 29.6 Å². The first-order valence-electron chi connectivity index (χ1n) is 9.14. The summed E-state index contributed by atoms with van der Waals surface area (Å²) < 4.78 is 5.42. The van der Waals surface area contributed by atoms with Crippen LogP contribution >= 0.6 is 0 Å². The Bertz CT molecular complexity index is 757. The van der Waals surface area contributed by atoms with Gasteiger partial charge in [0.2, 0.25) is 0 Å². The Morgan fingerprint density at radius 2 is 2.00 bits per heavy atom. The molecule has 7 heteroatoms. The number of hydrogen-bond acceptors (Lipinski definition) is 7. The highest BCUT2D eigenvalue weighted by Gasteiger charge is 2.15. The van der Waals surface area contributed by atoms with E-state index in [4.69, 9.17) is 15.5 Å². The van der Waals surface area contributed by atoms with Gasteiger partial charge in [-0.3, -0.25) is 9.98 Å². The Morgan fingerprint density at radius 3 is 2.70 bits per heavy atom. The molecule has 0 aromatic heterocycles. The molecule has 0 radical (unpaired) electrons. The van der Waals surface area contributed by atoms with Gasteiger partial charge in [0.05, 0.1) is 24.6 Å². The van der Waals surface area contributed by atoms with E-state index >= 15 is 0 Å². The van der Waals surface area contributed by atoms with Crippen molar-refractivity contribution in [3.63, 3.8) is 0 Å². The number of morpholine rings is 1. The molecule has 0 aliphatic carbocycles. The number of rotatable bonds is 6. The Hall–Kier alpha value is -2.77. The molecule has 2 heterocycles. The van der Waals surface area contributed by atoms with Crippen LogP contribution in [-0.4, -0.2) is 57.7 Å². The zero-order valence-corrected chi connectivity index (χ0v) is 15.5. The van der Waals surface area contributed by atoms with E-state index in [1.165, 1.54) is 5.69 Å². The lowest BCUT2D eigenvalue weighted by Gasteiger charge is -2.29. The molecule has 1 fully saturated rings. The first kappa shape index (κ1) is 19.0. The van der Waals surface area contributed by atoms with Crippen LogP contribution < -0.4 is 16.0 Å². The molecule has 142 valence electrons. The lowest BCUT2D eigenvalue weighted by molar-refractivity contribution is 0.122. The van der Waals surface area contributed by atoms with E-state index in [-0.39, 0.29) is 0 Å². The molecular formula is C20H26N6O. The number of amidine groups is 1. The second kappa shape index (κ2) is 9.80. The maximum atomic E-state index is 5.61. The third-order valence-corrected chi connectivity index (χ3v) is 4.33. The standard InChI is InChI=1S/C20H26N6O/c1-22-8-9-23-17-14-19(25-20(15-17)24-7-6-21)16-2-4-18(5-3-16)26-10-12-27-13-11-26/h2-5,8-9,14H,1,6-7,10-13,15,21H2,(H,24,25)/b9-8-,23-17-. The molecule has 1 aromatic rings. The number of allylic oxidation sites excluding steroid dienone is 1. The van der Waals surface area contributed by atoms with Crippen LogP contribution in [0.3, 0.4) is 0 Å². The molecule has 0 saturated carbocycles. The van der Waals surface area contributed by atoms with Gasteiger partial charge in [0.1, 0.15) is 5.84 Å². The van der Waals surface area contributed by atoms with Crippen molar-refractivity contribution in [2.45, 2.75) is 6.42 Å². The Morgan fingerprint density at radius 1 is 1.22 bits per heavy atom. The van der Waals surface area contributed by atoms with Gasteiger partial charge in [-0.05, 0) is 24.9 Å². The van der Waals surface area contributed by atoms with E-state index in [1.807, 2.05) is 6.08 Å². The van der Waals surface area contributed by atoms with Gasteiger partial charge in [-0.25, -0.2) is 4.99 Å². The number of ether oxygens (including phenoxy) is 1. The number of hydrogen-bond donors (Lipinski definition) is 2. The molecule has 0 amide bonds. The van der Waals surface area contributed by atoms with Crippen LogP contribution in [0.2, 0.25) is 0 Å². The van der Waals surface area contributed by atoms with E-state index in [0.29, 0.717) is 19.5 Å². The number of anilines is 1. The monoisotopic (exact) mass is 366 g/mol. The van der Waals surface area contributed by atoms with Gasteiger partial charge >= 0.3 is 0 Å². The lowest BCUT2D eigenvalue weighted by Crippen LogP contribution is -2.36. The number of aliphatic imine (C=N–C) groups is 3. The Labute approximate surface area is 160 Å². The van der Waals surface area contributed by atoms with Gasteiger partial charge in [0.25, 0.3) is 0 Å². The molecule has 3 N–H and O–H groups in total. The summed E-state index contributed by atoms with van der Waals surface area (Å²) in [6, 6.07) is 8.48. The van der Waals surface area contributed by atoms with Crippen LogP contribution in [0.4, 0.5) is 5.69 Å². The van der Waals surface area contributed by atoms with E-state index < -0.39 is 0 Å². The normalized spacial score (nSPS) is 19.1. The van der Waals surface area contributed by atoms with Crippen molar-refractivity contribution in [1.82, 2.24) is 5.32 Å². The van der Waals surface area contributed by atoms with E-state index in [2.05, 4.69) is 51.2 Å². The molecule has 7 nitrogen and oxygen atoms in total. The Kier molecular flexibility index (Phi) is 6.90. The second-order valence-electron chi connectivity index (χ2n) is 6.23. The largest absolute Gasteiger partial charge is 0.378 e. The van der Waals surface area contributed by atoms with Crippen molar-refractivity contribution in [2.24, 2.45) is 20.7 Å². The molecule has 0 unspecified atom stereocenters. The molecule has 0 spiro atoms. The highest BCUT2D eigenvalue weighted by molar-refractivity contribution is 6.16. The third-order valence-electron chi connectivity index (χ3n) is 4.33. The van der Waals surface area contributed by atoms with Crippen molar-refractivity contribution in [3.8, 4) is 0 Å². The summed E-state index contributed by atoms with van der Waals surface area (Å²) in [5.74, 6) is 0.869. The van der Waals surface area contributed by atoms with Crippen LogP contribution in [0, 0.1) is 0 Å². The van der Waals surface area contributed by atoms with Crippen molar-refractivity contribution in [2.75, 3.05) is 44.3 Å². The molecule has 0 bridgehead atoms. The zero-order chi connectivity index (χ0) is 18.9. The van der Waals surface area contributed by atoms with Crippen LogP contribution in [0.5, 0.6) is 0 Å². The molecular weight excluding hydrogens is 340 g/mol. The average Bonchev–Trinajstić information content (AvgIpc) is 2.73. The van der Waals surface area contributed by atoms with E-state index in [0.717, 1.165) is 49.1 Å². The second-order valence-corrected chi connectivity index (χ2v) is 6.23. The first-order chi connectivity index (χ1) is 13.3. The molecule has 0 atom stereocenters. The SMILES string of the molecule is C=N/C=C\N=C1\C=C(c2ccc(N3CCOCC3)cc2)N=C(NCCN)C1. The fraction of sp³-hybridized carbons (Fsp3) is 0.350. The smallest absolute Gasteiger partial charge is 0.108 e. The first-order valence-corrected chi connectivity index (χ1v) is 9.14. The fourth-order valence-corrected chi connectivity index (χ4v) is 2.99. The van der Waals surface area contributed by atoms with E-state index in [1.54, 1.807) is 12.4 Å². The third kappa shape index (κ3) is 5.35. The van der Waals surface area contributed by atoms with E-state index in [9.17, 15) is 0 Å². The van der Waals surface area contributed by atoms with Crippen LogP contribution in [-0.2, 0) is 4.74 Å². The van der Waals surface area contributed by atoms with Crippen LogP contribution in [0.25, 0.3) is 5.70 Å². The van der Waals surface area contributed by atoms with Crippen molar-refractivity contribution in [3.05, 3.63) is 48.3 Å². The molecule has 27 heavy (non-hydrogen) atoms. The lowest BCUT2D eigenvalue weighted by atomic mass is 10.1. The highest BCUT2D eigenvalue weighted by atomic mass is 16.5. The Balaban J connectivity index is 1.82. The van der Waals surface area contributed by atoms with Crippen molar-refractivity contribution < 1.29 is 4.74 Å². The van der Waals surface area contributed by atoms with Gasteiger partial charge < -0.3 is 20.7 Å². The number of nitrogens with two attached hydrogens (primary N) is 1. The summed E-state index contributed by atoms with van der Waals surface area (Å²) in [5.41, 5.74) is 9.66. The van der Waals surface area contributed by atoms with Gasteiger partial charge in [0.15, 0.2) is 0 Å². The summed E-state index contributed by atoms with van der Waals surface area (Å²) in [6.45, 7) is 8.06. The van der Waals surface area contributed by atoms with Gasteiger partial charge in [0, 0.05) is 56.3 Å². The fourth-order valence-electron chi connectivity index (χ4n) is 2.99. The minimum Gasteiger partial charge on any atom is -0.378 e. The minimum atomic E-state index is 0.555. The molecule has 2 aliphatic heterocycles. The molecule has 3 rings (SSSR count). The summed E-state index contributed by atoms with van der Waals surface area (Å²) in [4.78, 5) is 15.2. The maximum absolute atomic E-state index is 5.61. The molecule has 1 aromatic carbocycles. The predicted octanol–water partition coefficient (Wildman–Crippen LogP) is 1.83. The van der Waals surface area contributed by atoms with Crippen molar-refractivity contribution in [1.29, 1.82) is 0 Å². The highest BCUT2D eigenvalue weighted by Crippen LogP contribution is 2.24. The average molecular weight is 366 g/mol. The van der Waals surface area contributed by atoms with Gasteiger partial charge in [-0.15, -0.1) is 0 Å². The predicted molar refractivity (Wildman–Crippen MR) is 113 cm³/mol. The van der Waals surface area contributed by atoms with Gasteiger partial charge in [-0.1, -0.05) is 12.1 Å². The van der Waals surface area contributed by atoms with Crippen LogP contribution in [0.1, 0.15) is 12.0 Å².